The number of oxime groups is 1. The summed E-state index contributed by atoms with van der Waals surface area (Å²) in [5.74, 6) is -0.181. The van der Waals surface area contributed by atoms with Crippen molar-refractivity contribution in [3.8, 4) is 0 Å². The zero-order valence-electron chi connectivity index (χ0n) is 11.7. The molecule has 2 aromatic rings. The van der Waals surface area contributed by atoms with Crippen LogP contribution in [-0.4, -0.2) is 22.7 Å². The number of hydrogen-bond donors (Lipinski definition) is 1. The zero-order valence-corrected chi connectivity index (χ0v) is 13.3. The molecule has 0 aliphatic carbocycles. The average Bonchev–Trinajstić information content (AvgIpc) is 3.04. The van der Waals surface area contributed by atoms with Crippen molar-refractivity contribution in [1.29, 1.82) is 0 Å². The molecule has 3 rings (SSSR count). The van der Waals surface area contributed by atoms with Gasteiger partial charge in [-0.15, -0.1) is 0 Å². The van der Waals surface area contributed by atoms with Gasteiger partial charge in [-0.05, 0) is 24.3 Å². The normalized spacial score (nSPS) is 16.8. The molecule has 1 aromatic heterocycles. The number of nitrogens with one attached hydrogen (secondary N) is 1. The molecule has 5 nitrogen and oxygen atoms in total. The molecule has 0 radical (unpaired) electrons. The van der Waals surface area contributed by atoms with Gasteiger partial charge in [0.1, 0.15) is 0 Å². The molecule has 2 heterocycles. The van der Waals surface area contributed by atoms with E-state index in [1.54, 1.807) is 6.20 Å². The monoisotopic (exact) mass is 359 g/mol. The van der Waals surface area contributed by atoms with E-state index in [1.165, 1.54) is 0 Å². The third-order valence-corrected chi connectivity index (χ3v) is 3.78. The summed E-state index contributed by atoms with van der Waals surface area (Å²) in [6, 6.07) is 13.3. The van der Waals surface area contributed by atoms with E-state index in [0.29, 0.717) is 13.0 Å². The van der Waals surface area contributed by atoms with E-state index in [9.17, 15) is 4.79 Å². The number of nitrogens with zero attached hydrogens (tertiary/aromatic N) is 2. The van der Waals surface area contributed by atoms with Gasteiger partial charge < -0.3 is 10.2 Å². The highest BCUT2D eigenvalue weighted by Crippen LogP contribution is 2.19. The predicted octanol–water partition coefficient (Wildman–Crippen LogP) is 2.65. The number of rotatable bonds is 4. The molecule has 0 bridgehead atoms. The van der Waals surface area contributed by atoms with Gasteiger partial charge in [-0.25, -0.2) is 0 Å². The Morgan fingerprint density at radius 3 is 3.00 bits per heavy atom. The fourth-order valence-electron chi connectivity index (χ4n) is 2.15. The van der Waals surface area contributed by atoms with Crippen LogP contribution >= 0.6 is 15.9 Å². The molecule has 0 unspecified atom stereocenters. The highest BCUT2D eigenvalue weighted by molar-refractivity contribution is 9.10. The number of hydrogen-bond acceptors (Lipinski definition) is 4. The summed E-state index contributed by atoms with van der Waals surface area (Å²) in [5, 5.41) is 6.84. The summed E-state index contributed by atoms with van der Waals surface area (Å²) < 4.78 is 0.968. The molecular weight excluding hydrogens is 346 g/mol. The molecule has 1 amide bonds. The van der Waals surface area contributed by atoms with Crippen LogP contribution in [-0.2, 0) is 16.2 Å². The lowest BCUT2D eigenvalue weighted by Gasteiger charge is -2.09. The Morgan fingerprint density at radius 1 is 1.32 bits per heavy atom. The van der Waals surface area contributed by atoms with Gasteiger partial charge in [0, 0.05) is 22.7 Å². The predicted molar refractivity (Wildman–Crippen MR) is 86.3 cm³/mol. The van der Waals surface area contributed by atoms with Gasteiger partial charge >= 0.3 is 0 Å². The summed E-state index contributed by atoms with van der Waals surface area (Å²) >= 11 is 3.42. The van der Waals surface area contributed by atoms with Gasteiger partial charge in [-0.2, -0.15) is 0 Å². The van der Waals surface area contributed by atoms with Crippen molar-refractivity contribution >= 4 is 27.5 Å². The largest absolute Gasteiger partial charge is 0.382 e. The number of carbonyl (C=O) groups is 1. The number of amides is 1. The molecule has 22 heavy (non-hydrogen) atoms. The second kappa shape index (κ2) is 6.70. The van der Waals surface area contributed by atoms with Gasteiger partial charge in [0.15, 0.2) is 0 Å². The number of halogens is 1. The van der Waals surface area contributed by atoms with E-state index in [0.717, 1.165) is 21.4 Å². The summed E-state index contributed by atoms with van der Waals surface area (Å²) in [4.78, 5) is 21.5. The van der Waals surface area contributed by atoms with E-state index in [1.807, 2.05) is 42.5 Å². The Kier molecular flexibility index (Phi) is 4.48. The molecule has 0 spiro atoms. The molecule has 1 N–H and O–H groups in total. The van der Waals surface area contributed by atoms with E-state index < -0.39 is 6.10 Å². The molecule has 0 fully saturated rings. The number of aromatic nitrogens is 1. The average molecular weight is 360 g/mol. The first-order chi connectivity index (χ1) is 10.7. The maximum Gasteiger partial charge on any atom is 0.264 e. The molecular formula is C16H14BrN3O2. The molecule has 112 valence electrons. The topological polar surface area (TPSA) is 63.6 Å². The lowest BCUT2D eigenvalue weighted by atomic mass is 10.0. The Hall–Kier alpha value is -2.21. The minimum absolute atomic E-state index is 0.181. The van der Waals surface area contributed by atoms with Crippen molar-refractivity contribution < 1.29 is 9.63 Å². The van der Waals surface area contributed by atoms with Gasteiger partial charge in [0.05, 0.1) is 18.0 Å². The van der Waals surface area contributed by atoms with Crippen LogP contribution < -0.4 is 5.32 Å². The number of pyridine rings is 1. The highest BCUT2D eigenvalue weighted by atomic mass is 79.9. The van der Waals surface area contributed by atoms with Crippen LogP contribution in [0.3, 0.4) is 0 Å². The quantitative estimate of drug-likeness (QED) is 0.912. The van der Waals surface area contributed by atoms with E-state index in [-0.39, 0.29) is 5.91 Å². The van der Waals surface area contributed by atoms with E-state index >= 15 is 0 Å². The van der Waals surface area contributed by atoms with Crippen LogP contribution in [0, 0.1) is 0 Å². The van der Waals surface area contributed by atoms with Crippen molar-refractivity contribution in [3.05, 3.63) is 64.4 Å². The van der Waals surface area contributed by atoms with Crippen LogP contribution in [0.5, 0.6) is 0 Å². The number of carbonyl (C=O) groups excluding carboxylic acids is 1. The fraction of sp³-hybridized carbons (Fsp3) is 0.188. The van der Waals surface area contributed by atoms with Crippen molar-refractivity contribution in [2.45, 2.75) is 19.1 Å². The van der Waals surface area contributed by atoms with Crippen molar-refractivity contribution in [2.24, 2.45) is 5.16 Å². The molecule has 0 saturated heterocycles. The van der Waals surface area contributed by atoms with Gasteiger partial charge in [0.2, 0.25) is 6.10 Å². The maximum absolute atomic E-state index is 12.1. The highest BCUT2D eigenvalue weighted by Gasteiger charge is 2.28. The minimum atomic E-state index is -0.585. The maximum atomic E-state index is 12.1. The summed E-state index contributed by atoms with van der Waals surface area (Å²) in [6.07, 6.45) is 1.57. The van der Waals surface area contributed by atoms with Gasteiger partial charge in [-0.1, -0.05) is 39.3 Å². The van der Waals surface area contributed by atoms with E-state index in [4.69, 9.17) is 4.84 Å². The lowest BCUT2D eigenvalue weighted by molar-refractivity contribution is -0.131. The molecule has 1 atom stereocenters. The standard InChI is InChI=1S/C16H14BrN3O2/c17-12-5-3-4-11(8-12)14-9-15(22-20-14)16(21)19-10-13-6-1-2-7-18-13/h1-8,15H,9-10H2,(H,19,21)/t15-/m1/s1. The molecule has 1 aliphatic rings. The SMILES string of the molecule is O=C(NCc1ccccn1)[C@H]1CC(c2cccc(Br)c2)=NO1. The van der Waals surface area contributed by atoms with Gasteiger partial charge in [0.25, 0.3) is 5.91 Å². The second-order valence-electron chi connectivity index (χ2n) is 4.89. The first kappa shape index (κ1) is 14.7. The van der Waals surface area contributed by atoms with Crippen LogP contribution in [0.2, 0.25) is 0 Å². The first-order valence-electron chi connectivity index (χ1n) is 6.88. The van der Waals surface area contributed by atoms with Crippen LogP contribution in [0.15, 0.2) is 58.3 Å². The third kappa shape index (κ3) is 3.51. The summed E-state index contributed by atoms with van der Waals surface area (Å²) in [6.45, 7) is 0.381. The summed E-state index contributed by atoms with van der Waals surface area (Å²) in [7, 11) is 0. The number of benzene rings is 1. The van der Waals surface area contributed by atoms with Crippen molar-refractivity contribution in [1.82, 2.24) is 10.3 Å². The Balaban J connectivity index is 1.56. The fourth-order valence-corrected chi connectivity index (χ4v) is 2.55. The van der Waals surface area contributed by atoms with Crippen LogP contribution in [0.25, 0.3) is 0 Å². The molecule has 1 aliphatic heterocycles. The summed E-state index contributed by atoms with van der Waals surface area (Å²) in [5.41, 5.74) is 2.54. The molecule has 1 aromatic carbocycles. The minimum Gasteiger partial charge on any atom is -0.382 e. The third-order valence-electron chi connectivity index (χ3n) is 3.29. The Labute approximate surface area is 136 Å². The van der Waals surface area contributed by atoms with Crippen molar-refractivity contribution in [3.63, 3.8) is 0 Å². The Bertz CT molecular complexity index is 704. The first-order valence-corrected chi connectivity index (χ1v) is 7.68. The van der Waals surface area contributed by atoms with Gasteiger partial charge in [-0.3, -0.25) is 9.78 Å². The Morgan fingerprint density at radius 2 is 2.23 bits per heavy atom. The van der Waals surface area contributed by atoms with Crippen molar-refractivity contribution in [2.75, 3.05) is 0 Å². The van der Waals surface area contributed by atoms with Crippen LogP contribution in [0.4, 0.5) is 0 Å². The lowest BCUT2D eigenvalue weighted by Crippen LogP contribution is -2.34. The van der Waals surface area contributed by atoms with E-state index in [2.05, 4.69) is 31.4 Å². The smallest absolute Gasteiger partial charge is 0.264 e. The van der Waals surface area contributed by atoms with Crippen LogP contribution in [0.1, 0.15) is 17.7 Å². The molecule has 6 heteroatoms. The second-order valence-corrected chi connectivity index (χ2v) is 5.80. The zero-order chi connectivity index (χ0) is 15.4. The molecule has 0 saturated carbocycles.